The van der Waals surface area contributed by atoms with Crippen molar-refractivity contribution in [3.8, 4) is 0 Å². The molecule has 0 radical (unpaired) electrons. The van der Waals surface area contributed by atoms with Gasteiger partial charge in [-0.25, -0.2) is 15.0 Å². The Morgan fingerprint density at radius 3 is 2.94 bits per heavy atom. The van der Waals surface area contributed by atoms with E-state index in [4.69, 9.17) is 0 Å². The molecule has 0 aliphatic carbocycles. The number of fused-ring (bicyclic) bond motifs is 1. The van der Waals surface area contributed by atoms with Gasteiger partial charge in [0, 0.05) is 7.05 Å². The normalized spacial score (nSPS) is 11.3. The van der Waals surface area contributed by atoms with Gasteiger partial charge in [0.2, 0.25) is 0 Å². The first-order valence-corrected chi connectivity index (χ1v) is 6.24. The predicted octanol–water partition coefficient (Wildman–Crippen LogP) is 0.426. The zero-order chi connectivity index (χ0) is 13.1. The van der Waals surface area contributed by atoms with E-state index < -0.39 is 0 Å². The smallest absolute Gasteiger partial charge is 0.282 e. The van der Waals surface area contributed by atoms with Crippen LogP contribution in [0.4, 0.5) is 0 Å². The fourth-order valence-electron chi connectivity index (χ4n) is 1.38. The lowest BCUT2D eigenvalue weighted by Gasteiger charge is -2.05. The summed E-state index contributed by atoms with van der Waals surface area (Å²) in [4.78, 5) is 29.1. The standard InChI is InChI=1S/C10H11N5O2S/c1-15-9(16)7-8(14-10(15)18-3)11-4-6(13-7)5-12-17-2/h4-5H,1-3H3/b12-5+. The molecule has 0 unspecified atom stereocenters. The van der Waals surface area contributed by atoms with Crippen LogP contribution in [0.1, 0.15) is 5.69 Å². The molecule has 2 rings (SSSR count). The van der Waals surface area contributed by atoms with E-state index >= 15 is 0 Å². The maximum Gasteiger partial charge on any atom is 0.282 e. The van der Waals surface area contributed by atoms with Crippen molar-refractivity contribution in [1.29, 1.82) is 0 Å². The van der Waals surface area contributed by atoms with Crippen LogP contribution < -0.4 is 5.56 Å². The summed E-state index contributed by atoms with van der Waals surface area (Å²) in [5, 5.41) is 4.17. The third kappa shape index (κ3) is 2.19. The van der Waals surface area contributed by atoms with E-state index in [1.807, 2.05) is 6.26 Å². The Balaban J connectivity index is 2.67. The van der Waals surface area contributed by atoms with E-state index in [1.165, 1.54) is 35.9 Å². The summed E-state index contributed by atoms with van der Waals surface area (Å²) in [7, 11) is 3.08. The summed E-state index contributed by atoms with van der Waals surface area (Å²) < 4.78 is 1.44. The van der Waals surface area contributed by atoms with Gasteiger partial charge in [-0.1, -0.05) is 16.9 Å². The molecule has 2 aromatic rings. The maximum atomic E-state index is 12.1. The van der Waals surface area contributed by atoms with Crippen molar-refractivity contribution in [2.45, 2.75) is 5.16 Å². The lowest BCUT2D eigenvalue weighted by Crippen LogP contribution is -2.21. The number of aromatic nitrogens is 4. The molecule has 7 nitrogen and oxygen atoms in total. The molecule has 0 bridgehead atoms. The molecule has 2 heterocycles. The quantitative estimate of drug-likeness (QED) is 0.346. The Hall–Kier alpha value is -1.96. The maximum absolute atomic E-state index is 12.1. The summed E-state index contributed by atoms with van der Waals surface area (Å²) in [5.41, 5.74) is 0.761. The Labute approximate surface area is 107 Å². The van der Waals surface area contributed by atoms with Crippen molar-refractivity contribution in [3.05, 3.63) is 22.2 Å². The molecule has 0 saturated carbocycles. The minimum absolute atomic E-state index is 0.218. The zero-order valence-corrected chi connectivity index (χ0v) is 10.9. The van der Waals surface area contributed by atoms with E-state index in [0.29, 0.717) is 16.5 Å². The van der Waals surface area contributed by atoms with Crippen LogP contribution in [0.5, 0.6) is 0 Å². The van der Waals surface area contributed by atoms with E-state index in [9.17, 15) is 4.79 Å². The van der Waals surface area contributed by atoms with E-state index in [1.54, 1.807) is 7.05 Å². The lowest BCUT2D eigenvalue weighted by atomic mass is 10.4. The molecular weight excluding hydrogens is 254 g/mol. The van der Waals surface area contributed by atoms with Gasteiger partial charge in [0.25, 0.3) is 5.56 Å². The highest BCUT2D eigenvalue weighted by molar-refractivity contribution is 7.98. The number of hydrogen-bond donors (Lipinski definition) is 0. The molecule has 0 saturated heterocycles. The van der Waals surface area contributed by atoms with Crippen LogP contribution in [-0.2, 0) is 11.9 Å². The third-order valence-electron chi connectivity index (χ3n) is 2.24. The largest absolute Gasteiger partial charge is 0.399 e. The second-order valence-corrected chi connectivity index (χ2v) is 4.12. The molecule has 0 amide bonds. The summed E-state index contributed by atoms with van der Waals surface area (Å²) in [6, 6.07) is 0. The lowest BCUT2D eigenvalue weighted by molar-refractivity contribution is 0.215. The number of nitrogens with zero attached hydrogens (tertiary/aromatic N) is 5. The highest BCUT2D eigenvalue weighted by atomic mass is 32.2. The van der Waals surface area contributed by atoms with Gasteiger partial charge in [0.05, 0.1) is 12.4 Å². The molecule has 8 heteroatoms. The van der Waals surface area contributed by atoms with E-state index in [0.717, 1.165) is 0 Å². The van der Waals surface area contributed by atoms with Gasteiger partial charge >= 0.3 is 0 Å². The Morgan fingerprint density at radius 1 is 1.50 bits per heavy atom. The van der Waals surface area contributed by atoms with Crippen LogP contribution in [-0.4, -0.2) is 39.1 Å². The fourth-order valence-corrected chi connectivity index (χ4v) is 1.92. The van der Waals surface area contributed by atoms with Crippen LogP contribution >= 0.6 is 11.8 Å². The number of oxime groups is 1. The monoisotopic (exact) mass is 265 g/mol. The summed E-state index contributed by atoms with van der Waals surface area (Å²) in [6.07, 6.45) is 4.72. The molecule has 0 spiro atoms. The minimum Gasteiger partial charge on any atom is -0.399 e. The topological polar surface area (TPSA) is 82.3 Å². The van der Waals surface area contributed by atoms with Crippen LogP contribution in [0.15, 0.2) is 21.3 Å². The van der Waals surface area contributed by atoms with Crippen molar-refractivity contribution in [2.24, 2.45) is 12.2 Å². The minimum atomic E-state index is -0.232. The molecule has 94 valence electrons. The number of rotatable bonds is 3. The molecule has 0 N–H and O–H groups in total. The van der Waals surface area contributed by atoms with Gasteiger partial charge in [0.15, 0.2) is 16.3 Å². The number of thioether (sulfide) groups is 1. The van der Waals surface area contributed by atoms with Crippen molar-refractivity contribution >= 4 is 29.1 Å². The third-order valence-corrected chi connectivity index (χ3v) is 2.97. The summed E-state index contributed by atoms with van der Waals surface area (Å²) in [6.45, 7) is 0. The molecule has 0 atom stereocenters. The Kier molecular flexibility index (Phi) is 3.56. The molecule has 2 aromatic heterocycles. The fraction of sp³-hybridized carbons (Fsp3) is 0.300. The van der Waals surface area contributed by atoms with Crippen molar-refractivity contribution in [2.75, 3.05) is 13.4 Å². The SMILES string of the molecule is CO/N=C/c1cnc2nc(SC)n(C)c(=O)c2n1. The molecule has 0 fully saturated rings. The van der Waals surface area contributed by atoms with Gasteiger partial charge in [-0.3, -0.25) is 9.36 Å². The average Bonchev–Trinajstić information content (AvgIpc) is 2.40. The first-order chi connectivity index (χ1) is 8.67. The van der Waals surface area contributed by atoms with Gasteiger partial charge in [0.1, 0.15) is 12.8 Å². The summed E-state index contributed by atoms with van der Waals surface area (Å²) in [5.74, 6) is 0. The molecule has 0 aliphatic rings. The van der Waals surface area contributed by atoms with E-state index in [-0.39, 0.29) is 11.1 Å². The van der Waals surface area contributed by atoms with Crippen LogP contribution in [0.2, 0.25) is 0 Å². The molecule has 0 aromatic carbocycles. The van der Waals surface area contributed by atoms with Crippen LogP contribution in [0.25, 0.3) is 11.2 Å². The van der Waals surface area contributed by atoms with Gasteiger partial charge in [-0.05, 0) is 6.26 Å². The molecular formula is C10H11N5O2S. The van der Waals surface area contributed by atoms with E-state index in [2.05, 4.69) is 24.9 Å². The number of hydrogen-bond acceptors (Lipinski definition) is 7. The van der Waals surface area contributed by atoms with Gasteiger partial charge in [-0.15, -0.1) is 0 Å². The molecule has 0 aliphatic heterocycles. The van der Waals surface area contributed by atoms with Gasteiger partial charge < -0.3 is 4.84 Å². The second-order valence-electron chi connectivity index (χ2n) is 3.35. The molecule has 18 heavy (non-hydrogen) atoms. The average molecular weight is 265 g/mol. The van der Waals surface area contributed by atoms with Crippen molar-refractivity contribution in [1.82, 2.24) is 19.5 Å². The zero-order valence-electron chi connectivity index (χ0n) is 10.1. The Bertz CT molecular complexity index is 667. The first-order valence-electron chi connectivity index (χ1n) is 5.01. The predicted molar refractivity (Wildman–Crippen MR) is 69.0 cm³/mol. The highest BCUT2D eigenvalue weighted by Crippen LogP contribution is 2.11. The van der Waals surface area contributed by atoms with Crippen molar-refractivity contribution in [3.63, 3.8) is 0 Å². The second kappa shape index (κ2) is 5.13. The van der Waals surface area contributed by atoms with Gasteiger partial charge in [-0.2, -0.15) is 0 Å². The highest BCUT2D eigenvalue weighted by Gasteiger charge is 2.10. The van der Waals surface area contributed by atoms with Crippen LogP contribution in [0, 0.1) is 0 Å². The Morgan fingerprint density at radius 2 is 2.28 bits per heavy atom. The first kappa shape index (κ1) is 12.5. The summed E-state index contributed by atoms with van der Waals surface area (Å²) >= 11 is 1.38. The van der Waals surface area contributed by atoms with Crippen LogP contribution in [0.3, 0.4) is 0 Å². The van der Waals surface area contributed by atoms with Crippen molar-refractivity contribution < 1.29 is 4.84 Å².